The van der Waals surface area contributed by atoms with E-state index in [9.17, 15) is 18.4 Å². The lowest BCUT2D eigenvalue weighted by Crippen LogP contribution is -2.53. The van der Waals surface area contributed by atoms with Crippen LogP contribution in [0.25, 0.3) is 22.0 Å². The topological polar surface area (TPSA) is 76.3 Å². The molecular weight excluding hydrogens is 522 g/mol. The van der Waals surface area contributed by atoms with Crippen LogP contribution in [-0.4, -0.2) is 61.6 Å². The summed E-state index contributed by atoms with van der Waals surface area (Å²) in [5.41, 5.74) is 3.87. The number of aryl methyl sites for hydroxylation is 1. The van der Waals surface area contributed by atoms with Crippen molar-refractivity contribution < 1.29 is 13.6 Å². The molecule has 1 unspecified atom stereocenters. The van der Waals surface area contributed by atoms with Crippen LogP contribution in [0.1, 0.15) is 25.0 Å². The highest BCUT2D eigenvalue weighted by Crippen LogP contribution is 2.31. The quantitative estimate of drug-likeness (QED) is 0.328. The molecule has 0 radical (unpaired) electrons. The van der Waals surface area contributed by atoms with Crippen molar-refractivity contribution in [3.05, 3.63) is 70.3 Å². The van der Waals surface area contributed by atoms with Crippen LogP contribution < -0.4 is 10.5 Å². The van der Waals surface area contributed by atoms with E-state index in [1.165, 1.54) is 4.68 Å². The van der Waals surface area contributed by atoms with Gasteiger partial charge in [0, 0.05) is 62.5 Å². The van der Waals surface area contributed by atoms with E-state index >= 15 is 0 Å². The van der Waals surface area contributed by atoms with E-state index in [1.54, 1.807) is 38.5 Å². The number of amides is 1. The molecule has 3 heterocycles. The molecule has 4 aromatic rings. The van der Waals surface area contributed by atoms with Gasteiger partial charge in [0.25, 0.3) is 11.3 Å². The number of anilines is 1. The molecule has 1 atom stereocenters. The smallest absolute Gasteiger partial charge is 0.288 e. The molecule has 5 rings (SSSR count). The second-order valence-electron chi connectivity index (χ2n) is 9.89. The summed E-state index contributed by atoms with van der Waals surface area (Å²) in [6.45, 7) is 7.74. The molecule has 0 N–H and O–H groups in total. The summed E-state index contributed by atoms with van der Waals surface area (Å²) >= 11 is 0.512. The van der Waals surface area contributed by atoms with Gasteiger partial charge in [-0.25, -0.2) is 9.97 Å². The van der Waals surface area contributed by atoms with Gasteiger partial charge in [-0.2, -0.15) is 8.78 Å². The fraction of sp³-hybridized carbons (Fsp3) is 0.357. The maximum Gasteiger partial charge on any atom is 0.288 e. The number of fused-ring (bicyclic) bond motifs is 1. The van der Waals surface area contributed by atoms with Crippen molar-refractivity contribution >= 4 is 34.5 Å². The number of rotatable bonds is 6. The summed E-state index contributed by atoms with van der Waals surface area (Å²) in [5, 5.41) is 0.548. The van der Waals surface area contributed by atoms with Crippen molar-refractivity contribution in [2.75, 3.05) is 24.5 Å². The number of hydrogen-bond acceptors (Lipinski definition) is 6. The van der Waals surface area contributed by atoms with Crippen LogP contribution in [0.3, 0.4) is 0 Å². The van der Waals surface area contributed by atoms with Crippen molar-refractivity contribution in [3.8, 4) is 11.1 Å². The van der Waals surface area contributed by atoms with E-state index in [2.05, 4.69) is 14.9 Å². The van der Waals surface area contributed by atoms with Crippen molar-refractivity contribution in [1.82, 2.24) is 24.2 Å². The lowest BCUT2D eigenvalue weighted by molar-refractivity contribution is -0.131. The van der Waals surface area contributed by atoms with Crippen molar-refractivity contribution in [1.29, 1.82) is 0 Å². The van der Waals surface area contributed by atoms with Crippen molar-refractivity contribution in [2.45, 2.75) is 44.0 Å². The lowest BCUT2D eigenvalue weighted by Gasteiger charge is -2.39. The molecule has 1 aliphatic heterocycles. The summed E-state index contributed by atoms with van der Waals surface area (Å²) in [5.74, 6) is -1.86. The van der Waals surface area contributed by atoms with Gasteiger partial charge < -0.3 is 9.80 Å². The average Bonchev–Trinajstić information content (AvgIpc) is 3.14. The van der Waals surface area contributed by atoms with Gasteiger partial charge in [-0.1, -0.05) is 35.5 Å². The van der Waals surface area contributed by atoms with E-state index in [0.717, 1.165) is 22.3 Å². The first kappa shape index (κ1) is 26.9. The minimum atomic E-state index is -2.53. The molecule has 1 fully saturated rings. The maximum atomic E-state index is 13.2. The number of carbonyl (C=O) groups excluding carboxylic acids is 1. The third-order valence-corrected chi connectivity index (χ3v) is 8.03. The monoisotopic (exact) mass is 552 g/mol. The van der Waals surface area contributed by atoms with E-state index in [4.69, 9.17) is 0 Å². The number of thioether (sulfide) groups is 1. The highest BCUT2D eigenvalue weighted by atomic mass is 32.2. The molecule has 0 saturated carbocycles. The highest BCUT2D eigenvalue weighted by molar-refractivity contribution is 7.99. The molecule has 2 aromatic carbocycles. The van der Waals surface area contributed by atoms with Crippen LogP contribution in [0.4, 0.5) is 14.7 Å². The molecule has 0 aliphatic carbocycles. The minimum absolute atomic E-state index is 0.0691. The van der Waals surface area contributed by atoms with Gasteiger partial charge in [0.15, 0.2) is 0 Å². The van der Waals surface area contributed by atoms with Gasteiger partial charge in [0.05, 0.1) is 17.4 Å². The summed E-state index contributed by atoms with van der Waals surface area (Å²) < 4.78 is 29.7. The summed E-state index contributed by atoms with van der Waals surface area (Å²) in [7, 11) is 1.68. The van der Waals surface area contributed by atoms with E-state index < -0.39 is 5.76 Å². The maximum absolute atomic E-state index is 13.2. The van der Waals surface area contributed by atoms with Gasteiger partial charge in [0.1, 0.15) is 0 Å². The highest BCUT2D eigenvalue weighted by Gasteiger charge is 2.26. The Morgan fingerprint density at radius 2 is 1.85 bits per heavy atom. The predicted molar refractivity (Wildman–Crippen MR) is 149 cm³/mol. The van der Waals surface area contributed by atoms with E-state index in [0.29, 0.717) is 53.1 Å². The van der Waals surface area contributed by atoms with Crippen LogP contribution in [0, 0.1) is 6.92 Å². The number of nitrogens with zero attached hydrogens (tertiary/aromatic N) is 6. The Hall–Kier alpha value is -3.73. The van der Waals surface area contributed by atoms with Crippen LogP contribution in [0.2, 0.25) is 0 Å². The molecular formula is C28H30F2N6O2S. The molecule has 204 valence electrons. The number of piperazine rings is 1. The van der Waals surface area contributed by atoms with Crippen LogP contribution in [-0.2, 0) is 18.4 Å². The lowest BCUT2D eigenvalue weighted by atomic mass is 10.1. The first-order valence-corrected chi connectivity index (χ1v) is 13.6. The summed E-state index contributed by atoms with van der Waals surface area (Å²) in [4.78, 5) is 38.4. The Morgan fingerprint density at radius 1 is 1.10 bits per heavy atom. The fourth-order valence-corrected chi connectivity index (χ4v) is 5.80. The molecule has 0 spiro atoms. The van der Waals surface area contributed by atoms with Gasteiger partial charge in [-0.3, -0.25) is 19.0 Å². The first-order valence-electron chi connectivity index (χ1n) is 12.7. The Morgan fingerprint density at radius 3 is 2.51 bits per heavy atom. The zero-order valence-corrected chi connectivity index (χ0v) is 23.1. The molecule has 0 bridgehead atoms. The Balaban J connectivity index is 1.45. The molecule has 8 nitrogen and oxygen atoms in total. The second kappa shape index (κ2) is 10.8. The fourth-order valence-electron chi connectivity index (χ4n) is 5.19. The largest absolute Gasteiger partial charge is 0.337 e. The molecule has 11 heteroatoms. The van der Waals surface area contributed by atoms with Gasteiger partial charge in [0.2, 0.25) is 11.9 Å². The number of benzene rings is 2. The molecule has 1 saturated heterocycles. The molecule has 1 amide bonds. The van der Waals surface area contributed by atoms with Crippen LogP contribution in [0.5, 0.6) is 0 Å². The third kappa shape index (κ3) is 5.40. The number of aromatic nitrogens is 4. The second-order valence-corrected chi connectivity index (χ2v) is 10.9. The molecule has 39 heavy (non-hydrogen) atoms. The Bertz CT molecular complexity index is 1580. The Kier molecular flexibility index (Phi) is 7.44. The standard InChI is InChI=1S/C28H30F2N6O2S/c1-17-5-8-25(39-27(29)30)21(11-17)16-36-24-12-20(6-7-23(24)26(38)33(36)4)22-13-31-28(32-14-22)34-9-10-35(19(3)37)18(2)15-34/h5-8,11-14,18,27H,9-10,15-16H2,1-4H3. The first-order chi connectivity index (χ1) is 18.6. The van der Waals surface area contributed by atoms with Gasteiger partial charge in [-0.15, -0.1) is 0 Å². The molecule has 2 aromatic heterocycles. The van der Waals surface area contributed by atoms with Crippen LogP contribution in [0.15, 0.2) is 58.5 Å². The van der Waals surface area contributed by atoms with Crippen molar-refractivity contribution in [3.63, 3.8) is 0 Å². The van der Waals surface area contributed by atoms with Gasteiger partial charge in [-0.05, 0) is 43.2 Å². The SMILES string of the molecule is CC(=O)N1CCN(c2ncc(-c3ccc4c(=O)n(C)n(Cc5cc(C)ccc5SC(F)F)c4c3)cn2)CC1C. The average molecular weight is 553 g/mol. The zero-order chi connectivity index (χ0) is 27.8. The Labute approximate surface area is 229 Å². The van der Waals surface area contributed by atoms with Crippen molar-refractivity contribution in [2.24, 2.45) is 7.05 Å². The summed E-state index contributed by atoms with van der Waals surface area (Å²) in [6.07, 6.45) is 3.52. The third-order valence-electron chi connectivity index (χ3n) is 7.20. The van der Waals surface area contributed by atoms with E-state index in [-0.39, 0.29) is 24.1 Å². The number of alkyl halides is 2. The minimum Gasteiger partial charge on any atom is -0.337 e. The zero-order valence-electron chi connectivity index (χ0n) is 22.3. The predicted octanol–water partition coefficient (Wildman–Crippen LogP) is 4.53. The number of halogens is 2. The normalized spacial score (nSPS) is 15.9. The van der Waals surface area contributed by atoms with E-state index in [1.807, 2.05) is 47.7 Å². The number of hydrogen-bond donors (Lipinski definition) is 0. The molecule has 1 aliphatic rings. The summed E-state index contributed by atoms with van der Waals surface area (Å²) in [6, 6.07) is 11.0. The van der Waals surface area contributed by atoms with Gasteiger partial charge >= 0.3 is 0 Å². The number of carbonyl (C=O) groups is 1. The van der Waals surface area contributed by atoms with Crippen LogP contribution >= 0.6 is 11.8 Å².